The highest BCUT2D eigenvalue weighted by molar-refractivity contribution is 6.04. The fourth-order valence-electron chi connectivity index (χ4n) is 2.07. The number of anilines is 1. The van der Waals surface area contributed by atoms with E-state index >= 15 is 0 Å². The monoisotopic (exact) mass is 309 g/mol. The van der Waals surface area contributed by atoms with E-state index in [0.29, 0.717) is 11.4 Å². The zero-order valence-electron chi connectivity index (χ0n) is 12.7. The van der Waals surface area contributed by atoms with Crippen LogP contribution in [-0.4, -0.2) is 39.8 Å². The second kappa shape index (κ2) is 6.27. The third kappa shape index (κ3) is 3.03. The van der Waals surface area contributed by atoms with Crippen LogP contribution in [0, 0.1) is 0 Å². The quantitative estimate of drug-likeness (QED) is 0.736. The number of nitrogens with zero attached hydrogens (tertiary/aromatic N) is 5. The normalized spacial score (nSPS) is 10.3. The number of hydrogen-bond acceptors (Lipinski definition) is 5. The summed E-state index contributed by atoms with van der Waals surface area (Å²) in [6.45, 7) is 0. The van der Waals surface area contributed by atoms with Gasteiger partial charge in [0, 0.05) is 37.3 Å². The van der Waals surface area contributed by atoms with Crippen molar-refractivity contribution < 1.29 is 9.53 Å². The largest absolute Gasteiger partial charge is 0.481 e. The number of aromatic nitrogens is 4. The highest BCUT2D eigenvalue weighted by atomic mass is 16.5. The van der Waals surface area contributed by atoms with Crippen LogP contribution in [0.4, 0.5) is 5.95 Å². The van der Waals surface area contributed by atoms with Crippen molar-refractivity contribution in [3.8, 4) is 11.6 Å². The van der Waals surface area contributed by atoms with Crippen molar-refractivity contribution in [2.24, 2.45) is 0 Å². The van der Waals surface area contributed by atoms with Gasteiger partial charge in [-0.2, -0.15) is 10.1 Å². The Morgan fingerprint density at radius 1 is 1.17 bits per heavy atom. The molecule has 3 rings (SSSR count). The van der Waals surface area contributed by atoms with E-state index in [4.69, 9.17) is 4.74 Å². The maximum Gasteiger partial charge on any atom is 0.260 e. The molecule has 0 unspecified atom stereocenters. The first-order chi connectivity index (χ1) is 11.2. The molecule has 0 aliphatic carbocycles. The molecule has 0 saturated carbocycles. The van der Waals surface area contributed by atoms with Gasteiger partial charge in [0.15, 0.2) is 0 Å². The first kappa shape index (κ1) is 14.7. The van der Waals surface area contributed by atoms with Crippen LogP contribution in [0.1, 0.15) is 10.4 Å². The van der Waals surface area contributed by atoms with Gasteiger partial charge in [-0.05, 0) is 30.3 Å². The van der Waals surface area contributed by atoms with E-state index in [1.807, 2.05) is 24.4 Å². The molecular weight excluding hydrogens is 294 g/mol. The van der Waals surface area contributed by atoms with Crippen molar-refractivity contribution in [2.75, 3.05) is 19.1 Å². The Hall–Kier alpha value is -3.22. The van der Waals surface area contributed by atoms with Crippen LogP contribution in [0.5, 0.6) is 5.88 Å². The lowest BCUT2D eigenvalue weighted by Gasteiger charge is -2.15. The molecule has 23 heavy (non-hydrogen) atoms. The fourth-order valence-corrected chi connectivity index (χ4v) is 2.07. The summed E-state index contributed by atoms with van der Waals surface area (Å²) in [6.07, 6.45) is 5.09. The van der Waals surface area contributed by atoms with Gasteiger partial charge in [0.25, 0.3) is 5.91 Å². The van der Waals surface area contributed by atoms with Gasteiger partial charge in [0.05, 0.1) is 12.8 Å². The lowest BCUT2D eigenvalue weighted by molar-refractivity contribution is 0.0991. The van der Waals surface area contributed by atoms with Gasteiger partial charge in [0.2, 0.25) is 11.8 Å². The number of carbonyl (C=O) groups is 1. The average molecular weight is 309 g/mol. The van der Waals surface area contributed by atoms with Gasteiger partial charge < -0.3 is 4.74 Å². The molecule has 3 aromatic rings. The molecule has 2 heterocycles. The van der Waals surface area contributed by atoms with Gasteiger partial charge in [-0.25, -0.2) is 9.67 Å². The van der Waals surface area contributed by atoms with Crippen LogP contribution in [0.25, 0.3) is 5.69 Å². The smallest absolute Gasteiger partial charge is 0.260 e. The number of ether oxygens (including phenoxy) is 1. The predicted molar refractivity (Wildman–Crippen MR) is 84.9 cm³/mol. The molecule has 0 saturated heterocycles. The molecular formula is C16H15N5O2. The highest BCUT2D eigenvalue weighted by Crippen LogP contribution is 2.15. The first-order valence-corrected chi connectivity index (χ1v) is 6.94. The average Bonchev–Trinajstić information content (AvgIpc) is 3.15. The predicted octanol–water partition coefficient (Wildman–Crippen LogP) is 1.95. The Morgan fingerprint density at radius 2 is 1.96 bits per heavy atom. The van der Waals surface area contributed by atoms with Crippen LogP contribution >= 0.6 is 0 Å². The molecule has 0 fully saturated rings. The van der Waals surface area contributed by atoms with E-state index in [9.17, 15) is 4.79 Å². The third-order valence-corrected chi connectivity index (χ3v) is 3.31. The van der Waals surface area contributed by atoms with Crippen molar-refractivity contribution >= 4 is 11.9 Å². The molecule has 0 radical (unpaired) electrons. The molecule has 0 N–H and O–H groups in total. The summed E-state index contributed by atoms with van der Waals surface area (Å²) in [5.74, 6) is 0.486. The SMILES string of the molecule is COc1ccnc(N(C)C(=O)c2ccc(-n3cccn3)cc2)n1. The zero-order chi connectivity index (χ0) is 16.2. The number of methoxy groups -OCH3 is 1. The van der Waals surface area contributed by atoms with E-state index in [-0.39, 0.29) is 11.9 Å². The highest BCUT2D eigenvalue weighted by Gasteiger charge is 2.16. The van der Waals surface area contributed by atoms with Crippen molar-refractivity contribution in [1.29, 1.82) is 0 Å². The van der Waals surface area contributed by atoms with Crippen LogP contribution in [0.15, 0.2) is 55.0 Å². The van der Waals surface area contributed by atoms with E-state index in [2.05, 4.69) is 15.1 Å². The minimum absolute atomic E-state index is 0.203. The Kier molecular flexibility index (Phi) is 4.01. The number of carbonyl (C=O) groups excluding carboxylic acids is 1. The summed E-state index contributed by atoms with van der Waals surface area (Å²) in [4.78, 5) is 22.2. The van der Waals surface area contributed by atoms with E-state index in [1.165, 1.54) is 12.0 Å². The van der Waals surface area contributed by atoms with Gasteiger partial charge in [-0.1, -0.05) is 0 Å². The number of amides is 1. The zero-order valence-corrected chi connectivity index (χ0v) is 12.7. The molecule has 7 heteroatoms. The van der Waals surface area contributed by atoms with Crippen molar-refractivity contribution in [1.82, 2.24) is 19.7 Å². The molecule has 0 atom stereocenters. The fraction of sp³-hybridized carbons (Fsp3) is 0.125. The molecule has 0 spiro atoms. The second-order valence-corrected chi connectivity index (χ2v) is 4.76. The van der Waals surface area contributed by atoms with Crippen LogP contribution < -0.4 is 9.64 Å². The minimum Gasteiger partial charge on any atom is -0.481 e. The molecule has 7 nitrogen and oxygen atoms in total. The van der Waals surface area contributed by atoms with Gasteiger partial charge in [-0.15, -0.1) is 0 Å². The number of rotatable bonds is 4. The Labute approximate surface area is 133 Å². The Balaban J connectivity index is 1.82. The summed E-state index contributed by atoms with van der Waals surface area (Å²) in [5.41, 5.74) is 1.42. The minimum atomic E-state index is -0.203. The third-order valence-electron chi connectivity index (χ3n) is 3.31. The number of benzene rings is 1. The molecule has 0 aliphatic rings. The van der Waals surface area contributed by atoms with Gasteiger partial charge in [-0.3, -0.25) is 9.69 Å². The van der Waals surface area contributed by atoms with E-state index in [0.717, 1.165) is 5.69 Å². The lowest BCUT2D eigenvalue weighted by Crippen LogP contribution is -2.28. The summed E-state index contributed by atoms with van der Waals surface area (Å²) in [5, 5.41) is 4.15. The molecule has 2 aromatic heterocycles. The molecule has 1 aromatic carbocycles. The molecule has 0 aliphatic heterocycles. The Morgan fingerprint density at radius 3 is 2.61 bits per heavy atom. The summed E-state index contributed by atoms with van der Waals surface area (Å²) < 4.78 is 6.77. The van der Waals surface area contributed by atoms with E-state index in [1.54, 1.807) is 42.3 Å². The van der Waals surface area contributed by atoms with Crippen molar-refractivity contribution in [3.63, 3.8) is 0 Å². The lowest BCUT2D eigenvalue weighted by atomic mass is 10.2. The van der Waals surface area contributed by atoms with E-state index < -0.39 is 0 Å². The van der Waals surface area contributed by atoms with Crippen molar-refractivity contribution in [2.45, 2.75) is 0 Å². The van der Waals surface area contributed by atoms with Crippen molar-refractivity contribution in [3.05, 3.63) is 60.6 Å². The maximum atomic E-state index is 12.5. The standard InChI is InChI=1S/C16H15N5O2/c1-20(16-17-10-8-14(19-16)23-2)15(22)12-4-6-13(7-5-12)21-11-3-9-18-21/h3-11H,1-2H3. The number of hydrogen-bond donors (Lipinski definition) is 0. The summed E-state index contributed by atoms with van der Waals surface area (Å²) in [6, 6.07) is 10.6. The summed E-state index contributed by atoms with van der Waals surface area (Å²) in [7, 11) is 3.14. The maximum absolute atomic E-state index is 12.5. The second-order valence-electron chi connectivity index (χ2n) is 4.76. The van der Waals surface area contributed by atoms with Crippen LogP contribution in [0.2, 0.25) is 0 Å². The van der Waals surface area contributed by atoms with Crippen LogP contribution in [0.3, 0.4) is 0 Å². The first-order valence-electron chi connectivity index (χ1n) is 6.94. The topological polar surface area (TPSA) is 73.1 Å². The Bertz CT molecular complexity index is 800. The molecule has 0 bridgehead atoms. The van der Waals surface area contributed by atoms with Gasteiger partial charge >= 0.3 is 0 Å². The summed E-state index contributed by atoms with van der Waals surface area (Å²) >= 11 is 0. The van der Waals surface area contributed by atoms with Gasteiger partial charge in [0.1, 0.15) is 0 Å². The molecule has 1 amide bonds. The van der Waals surface area contributed by atoms with Crippen LogP contribution in [-0.2, 0) is 0 Å². The molecule has 116 valence electrons.